The van der Waals surface area contributed by atoms with Crippen LogP contribution in [0.4, 0.5) is 0 Å². The summed E-state index contributed by atoms with van der Waals surface area (Å²) >= 11 is 0. The van der Waals surface area contributed by atoms with Gasteiger partial charge in [0, 0.05) is 39.3 Å². The lowest BCUT2D eigenvalue weighted by Gasteiger charge is -2.26. The van der Waals surface area contributed by atoms with E-state index in [9.17, 15) is 18.0 Å². The van der Waals surface area contributed by atoms with E-state index in [1.165, 1.54) is 32.4 Å². The molecule has 0 N–H and O–H groups in total. The number of pyridine rings is 1. The molecule has 0 unspecified atom stereocenters. The van der Waals surface area contributed by atoms with Crippen molar-refractivity contribution in [2.75, 3.05) is 33.9 Å². The van der Waals surface area contributed by atoms with Crippen LogP contribution in [0.1, 0.15) is 30.9 Å². The van der Waals surface area contributed by atoms with Crippen LogP contribution in [0.2, 0.25) is 0 Å². The molecule has 0 radical (unpaired) electrons. The minimum Gasteiger partial charge on any atom is -0.490 e. The zero-order valence-electron chi connectivity index (χ0n) is 18.2. The van der Waals surface area contributed by atoms with Gasteiger partial charge in [-0.25, -0.2) is 12.7 Å². The molecule has 2 aromatic rings. The molecule has 32 heavy (non-hydrogen) atoms. The van der Waals surface area contributed by atoms with Crippen molar-refractivity contribution in [3.8, 4) is 11.5 Å². The molecule has 1 fully saturated rings. The van der Waals surface area contributed by atoms with E-state index in [1.54, 1.807) is 4.90 Å². The van der Waals surface area contributed by atoms with Gasteiger partial charge in [0.25, 0.3) is 5.56 Å². The number of fused-ring (bicyclic) bond motifs is 1. The average Bonchev–Trinajstić information content (AvgIpc) is 3.14. The Morgan fingerprint density at radius 2 is 1.84 bits per heavy atom. The fourth-order valence-corrected chi connectivity index (χ4v) is 4.95. The van der Waals surface area contributed by atoms with Gasteiger partial charge < -0.3 is 18.9 Å². The summed E-state index contributed by atoms with van der Waals surface area (Å²) in [5, 5.41) is 0. The lowest BCUT2D eigenvalue weighted by atomic mass is 10.0. The Morgan fingerprint density at radius 1 is 1.09 bits per heavy atom. The molecule has 1 aromatic carbocycles. The van der Waals surface area contributed by atoms with E-state index in [0.717, 1.165) is 33.7 Å². The summed E-state index contributed by atoms with van der Waals surface area (Å²) in [5.74, 6) is 1.14. The molecule has 172 valence electrons. The third-order valence-corrected chi connectivity index (χ3v) is 7.57. The number of rotatable bonds is 5. The highest BCUT2D eigenvalue weighted by molar-refractivity contribution is 7.89. The SMILES string of the molecule is CN(C)S(=O)(=O)c1ccc(=O)n(CC(=O)N2CCC[C@@H]2c2ccc3c(c2)OCCCO3)c1. The smallest absolute Gasteiger partial charge is 0.251 e. The van der Waals surface area contributed by atoms with Crippen molar-refractivity contribution in [3.63, 3.8) is 0 Å². The summed E-state index contributed by atoms with van der Waals surface area (Å²) in [5.41, 5.74) is 0.527. The molecule has 2 aliphatic rings. The maximum Gasteiger partial charge on any atom is 0.251 e. The molecule has 9 nitrogen and oxygen atoms in total. The number of aromatic nitrogens is 1. The van der Waals surface area contributed by atoms with Gasteiger partial charge in [-0.15, -0.1) is 0 Å². The molecule has 0 aliphatic carbocycles. The Balaban J connectivity index is 1.56. The van der Waals surface area contributed by atoms with Gasteiger partial charge in [-0.3, -0.25) is 9.59 Å². The van der Waals surface area contributed by atoms with Crippen molar-refractivity contribution in [1.29, 1.82) is 0 Å². The second-order valence-corrected chi connectivity index (χ2v) is 10.3. The average molecular weight is 462 g/mol. The quantitative estimate of drug-likeness (QED) is 0.671. The Hall–Kier alpha value is -2.85. The molecular weight excluding hydrogens is 434 g/mol. The van der Waals surface area contributed by atoms with Gasteiger partial charge in [-0.1, -0.05) is 6.07 Å². The number of benzene rings is 1. The Bertz CT molecular complexity index is 1170. The lowest BCUT2D eigenvalue weighted by molar-refractivity contribution is -0.132. The number of ether oxygens (including phenoxy) is 2. The molecule has 10 heteroatoms. The van der Waals surface area contributed by atoms with Gasteiger partial charge in [-0.2, -0.15) is 0 Å². The minimum atomic E-state index is -3.71. The predicted molar refractivity (Wildman–Crippen MR) is 117 cm³/mol. The summed E-state index contributed by atoms with van der Waals surface area (Å²) in [6, 6.07) is 8.04. The van der Waals surface area contributed by atoms with E-state index in [0.29, 0.717) is 31.3 Å². The number of carbonyl (C=O) groups excluding carboxylic acids is 1. The zero-order valence-corrected chi connectivity index (χ0v) is 19.0. The van der Waals surface area contributed by atoms with Crippen LogP contribution in [0.5, 0.6) is 11.5 Å². The van der Waals surface area contributed by atoms with Gasteiger partial charge in [0.1, 0.15) is 6.54 Å². The zero-order chi connectivity index (χ0) is 22.9. The molecule has 1 saturated heterocycles. The Labute approximate surface area is 187 Å². The Morgan fingerprint density at radius 3 is 2.59 bits per heavy atom. The molecule has 2 aliphatic heterocycles. The number of nitrogens with zero attached hydrogens (tertiary/aromatic N) is 3. The Kier molecular flexibility index (Phi) is 6.25. The minimum absolute atomic E-state index is 0.0317. The van der Waals surface area contributed by atoms with Crippen molar-refractivity contribution in [1.82, 2.24) is 13.8 Å². The highest BCUT2D eigenvalue weighted by Crippen LogP contribution is 2.38. The van der Waals surface area contributed by atoms with Crippen LogP contribution in [0, 0.1) is 0 Å². The van der Waals surface area contributed by atoms with Crippen molar-refractivity contribution in [2.45, 2.75) is 36.7 Å². The van der Waals surface area contributed by atoms with Crippen LogP contribution in [0.15, 0.2) is 46.2 Å². The van der Waals surface area contributed by atoms with Crippen molar-refractivity contribution >= 4 is 15.9 Å². The first-order chi connectivity index (χ1) is 15.3. The van der Waals surface area contributed by atoms with Gasteiger partial charge in [0.15, 0.2) is 11.5 Å². The molecule has 0 saturated carbocycles. The molecule has 0 spiro atoms. The lowest BCUT2D eigenvalue weighted by Crippen LogP contribution is -2.36. The summed E-state index contributed by atoms with van der Waals surface area (Å²) in [6.07, 6.45) is 3.69. The van der Waals surface area contributed by atoms with Crippen LogP contribution < -0.4 is 15.0 Å². The first kappa shape index (κ1) is 22.3. The maximum absolute atomic E-state index is 13.1. The fourth-order valence-electron chi connectivity index (χ4n) is 4.03. The maximum atomic E-state index is 13.1. The first-order valence-corrected chi connectivity index (χ1v) is 12.0. The van der Waals surface area contributed by atoms with E-state index < -0.39 is 15.6 Å². The van der Waals surface area contributed by atoms with Gasteiger partial charge in [0.2, 0.25) is 15.9 Å². The van der Waals surface area contributed by atoms with Gasteiger partial charge in [-0.05, 0) is 36.6 Å². The number of hydrogen-bond acceptors (Lipinski definition) is 6. The van der Waals surface area contributed by atoms with Crippen LogP contribution in [-0.2, 0) is 21.4 Å². The second-order valence-electron chi connectivity index (χ2n) is 8.12. The van der Waals surface area contributed by atoms with Gasteiger partial charge in [0.05, 0.1) is 24.2 Å². The molecule has 1 atom stereocenters. The third kappa shape index (κ3) is 4.37. The molecule has 1 amide bonds. The largest absolute Gasteiger partial charge is 0.490 e. The second kappa shape index (κ2) is 8.95. The molecule has 1 aromatic heterocycles. The molecular formula is C22H27N3O6S. The number of carbonyl (C=O) groups is 1. The number of likely N-dealkylation sites (tertiary alicyclic amines) is 1. The van der Waals surface area contributed by atoms with Crippen LogP contribution >= 0.6 is 0 Å². The van der Waals surface area contributed by atoms with E-state index >= 15 is 0 Å². The summed E-state index contributed by atoms with van der Waals surface area (Å²) in [4.78, 5) is 27.2. The normalized spacial score (nSPS) is 18.6. The summed E-state index contributed by atoms with van der Waals surface area (Å²) in [7, 11) is -0.880. The van der Waals surface area contributed by atoms with Crippen LogP contribution in [0.3, 0.4) is 0 Å². The molecule has 4 rings (SSSR count). The van der Waals surface area contributed by atoms with Gasteiger partial charge >= 0.3 is 0 Å². The van der Waals surface area contributed by atoms with E-state index in [1.807, 2.05) is 18.2 Å². The highest BCUT2D eigenvalue weighted by Gasteiger charge is 2.31. The van der Waals surface area contributed by atoms with E-state index in [-0.39, 0.29) is 23.4 Å². The highest BCUT2D eigenvalue weighted by atomic mass is 32.2. The van der Waals surface area contributed by atoms with Crippen molar-refractivity contribution in [2.24, 2.45) is 0 Å². The van der Waals surface area contributed by atoms with Crippen LogP contribution in [-0.4, -0.2) is 62.0 Å². The topological polar surface area (TPSA) is 98.2 Å². The summed E-state index contributed by atoms with van der Waals surface area (Å²) in [6.45, 7) is 1.54. The standard InChI is InChI=1S/C22H27N3O6S/c1-23(2)32(28,29)17-7-9-21(26)24(14-17)15-22(27)25-10-3-5-18(25)16-6-8-19-20(13-16)31-12-4-11-30-19/h6-9,13-14,18H,3-5,10-12,15H2,1-2H3/t18-/m1/s1. The third-order valence-electron chi connectivity index (χ3n) is 5.77. The fraction of sp³-hybridized carbons (Fsp3) is 0.455. The van der Waals surface area contributed by atoms with E-state index in [4.69, 9.17) is 9.47 Å². The number of amides is 1. The monoisotopic (exact) mass is 461 g/mol. The van der Waals surface area contributed by atoms with Crippen LogP contribution in [0.25, 0.3) is 0 Å². The molecule has 3 heterocycles. The summed E-state index contributed by atoms with van der Waals surface area (Å²) < 4.78 is 38.5. The number of hydrogen-bond donors (Lipinski definition) is 0. The first-order valence-electron chi connectivity index (χ1n) is 10.6. The molecule has 0 bridgehead atoms. The van der Waals surface area contributed by atoms with Crippen molar-refractivity contribution < 1.29 is 22.7 Å². The number of sulfonamides is 1. The van der Waals surface area contributed by atoms with Crippen molar-refractivity contribution in [3.05, 3.63) is 52.4 Å². The predicted octanol–water partition coefficient (Wildman–Crippen LogP) is 1.62. The van der Waals surface area contributed by atoms with E-state index in [2.05, 4.69) is 0 Å².